The zero-order valence-electron chi connectivity index (χ0n) is 10.8. The topological polar surface area (TPSA) is 70.4 Å². The van der Waals surface area contributed by atoms with E-state index in [2.05, 4.69) is 31.5 Å². The number of anilines is 1. The third-order valence-corrected chi connectivity index (χ3v) is 3.86. The van der Waals surface area contributed by atoms with Gasteiger partial charge in [0.2, 0.25) is 5.91 Å². The minimum atomic E-state index is -0.417. The number of halogens is 1. The monoisotopic (exact) mass is 326 g/mol. The first-order valence-corrected chi connectivity index (χ1v) is 7.22. The molecule has 1 fully saturated rings. The molecule has 1 saturated heterocycles. The number of benzene rings is 1. The van der Waals surface area contributed by atoms with E-state index in [9.17, 15) is 4.79 Å². The fourth-order valence-corrected chi connectivity index (χ4v) is 2.69. The summed E-state index contributed by atoms with van der Waals surface area (Å²) in [5, 5.41) is 6.69. The lowest BCUT2D eigenvalue weighted by Gasteiger charge is -2.27. The Morgan fingerprint density at radius 1 is 1.42 bits per heavy atom. The Labute approximate surface area is 121 Å². The molecule has 19 heavy (non-hydrogen) atoms. The zero-order chi connectivity index (χ0) is 13.7. The predicted octanol–water partition coefficient (Wildman–Crippen LogP) is 0.865. The Morgan fingerprint density at radius 3 is 2.79 bits per heavy atom. The minimum absolute atomic E-state index is 0.417. The number of amides is 1. The molecule has 0 unspecified atom stereocenters. The van der Waals surface area contributed by atoms with Crippen LogP contribution in [-0.4, -0.2) is 50.1 Å². The summed E-state index contributed by atoms with van der Waals surface area (Å²) in [5.41, 5.74) is 6.76. The van der Waals surface area contributed by atoms with Crippen LogP contribution in [0.4, 0.5) is 5.69 Å². The largest absolute Gasteiger partial charge is 0.384 e. The average molecular weight is 327 g/mol. The molecule has 6 heteroatoms. The molecule has 0 bridgehead atoms. The predicted molar refractivity (Wildman–Crippen MR) is 80.5 cm³/mol. The lowest BCUT2D eigenvalue weighted by molar-refractivity contribution is 0.0999. The molecule has 1 aliphatic heterocycles. The van der Waals surface area contributed by atoms with Gasteiger partial charge in [-0.05, 0) is 34.1 Å². The second kappa shape index (κ2) is 6.88. The van der Waals surface area contributed by atoms with Gasteiger partial charge >= 0.3 is 0 Å². The first kappa shape index (κ1) is 14.3. The van der Waals surface area contributed by atoms with Crippen molar-refractivity contribution in [2.45, 2.75) is 0 Å². The van der Waals surface area contributed by atoms with E-state index < -0.39 is 5.91 Å². The lowest BCUT2D eigenvalue weighted by atomic mass is 10.2. The summed E-state index contributed by atoms with van der Waals surface area (Å²) in [5.74, 6) is -0.417. The van der Waals surface area contributed by atoms with E-state index in [1.54, 1.807) is 6.07 Å². The van der Waals surface area contributed by atoms with Crippen molar-refractivity contribution in [1.82, 2.24) is 10.2 Å². The van der Waals surface area contributed by atoms with Gasteiger partial charge in [0.25, 0.3) is 0 Å². The maximum Gasteiger partial charge on any atom is 0.249 e. The van der Waals surface area contributed by atoms with Crippen molar-refractivity contribution in [2.75, 3.05) is 44.6 Å². The van der Waals surface area contributed by atoms with Gasteiger partial charge in [0.1, 0.15) is 0 Å². The molecule has 0 radical (unpaired) electrons. The fourth-order valence-electron chi connectivity index (χ4n) is 2.12. The summed E-state index contributed by atoms with van der Waals surface area (Å²) in [6.07, 6.45) is 0. The number of nitrogens with two attached hydrogens (primary N) is 1. The van der Waals surface area contributed by atoms with Crippen LogP contribution in [0.1, 0.15) is 10.4 Å². The Morgan fingerprint density at radius 2 is 2.16 bits per heavy atom. The number of hydrogen-bond donors (Lipinski definition) is 3. The molecular weight excluding hydrogens is 308 g/mol. The van der Waals surface area contributed by atoms with Crippen LogP contribution in [0.2, 0.25) is 0 Å². The van der Waals surface area contributed by atoms with Crippen LogP contribution < -0.4 is 16.4 Å². The van der Waals surface area contributed by atoms with Crippen molar-refractivity contribution >= 4 is 27.5 Å². The summed E-state index contributed by atoms with van der Waals surface area (Å²) in [7, 11) is 0. The highest BCUT2D eigenvalue weighted by Gasteiger charge is 2.09. The van der Waals surface area contributed by atoms with Gasteiger partial charge in [-0.15, -0.1) is 0 Å². The molecule has 0 aromatic heterocycles. The number of piperazine rings is 1. The van der Waals surface area contributed by atoms with Crippen LogP contribution in [-0.2, 0) is 0 Å². The second-order valence-electron chi connectivity index (χ2n) is 4.58. The van der Waals surface area contributed by atoms with Crippen LogP contribution in [0.3, 0.4) is 0 Å². The van der Waals surface area contributed by atoms with Gasteiger partial charge in [0, 0.05) is 49.4 Å². The summed E-state index contributed by atoms with van der Waals surface area (Å²) < 4.78 is 0.729. The molecule has 4 N–H and O–H groups in total. The van der Waals surface area contributed by atoms with Crippen LogP contribution in [0, 0.1) is 0 Å². The van der Waals surface area contributed by atoms with Crippen molar-refractivity contribution in [2.24, 2.45) is 5.73 Å². The van der Waals surface area contributed by atoms with Gasteiger partial charge in [-0.3, -0.25) is 9.69 Å². The van der Waals surface area contributed by atoms with E-state index in [1.807, 2.05) is 12.1 Å². The van der Waals surface area contributed by atoms with E-state index in [-0.39, 0.29) is 0 Å². The highest BCUT2D eigenvalue weighted by Crippen LogP contribution is 2.21. The third kappa shape index (κ3) is 4.19. The van der Waals surface area contributed by atoms with Crippen molar-refractivity contribution in [1.29, 1.82) is 0 Å². The van der Waals surface area contributed by atoms with Crippen LogP contribution in [0.15, 0.2) is 22.7 Å². The van der Waals surface area contributed by atoms with Crippen molar-refractivity contribution in [3.8, 4) is 0 Å². The van der Waals surface area contributed by atoms with Gasteiger partial charge in [0.05, 0.1) is 5.56 Å². The van der Waals surface area contributed by atoms with E-state index in [1.165, 1.54) is 0 Å². The van der Waals surface area contributed by atoms with Crippen LogP contribution in [0.5, 0.6) is 0 Å². The molecule has 0 aliphatic carbocycles. The van der Waals surface area contributed by atoms with Crippen molar-refractivity contribution in [3.05, 3.63) is 28.2 Å². The number of carbonyl (C=O) groups excluding carboxylic acids is 1. The molecule has 1 aromatic rings. The highest BCUT2D eigenvalue weighted by atomic mass is 79.9. The Balaban J connectivity index is 1.82. The highest BCUT2D eigenvalue weighted by molar-refractivity contribution is 9.10. The van der Waals surface area contributed by atoms with Gasteiger partial charge in [-0.2, -0.15) is 0 Å². The van der Waals surface area contributed by atoms with Gasteiger partial charge in [0.15, 0.2) is 0 Å². The minimum Gasteiger partial charge on any atom is -0.384 e. The van der Waals surface area contributed by atoms with Gasteiger partial charge < -0.3 is 16.4 Å². The van der Waals surface area contributed by atoms with Gasteiger partial charge in [-0.25, -0.2) is 0 Å². The fraction of sp³-hybridized carbons (Fsp3) is 0.462. The van der Waals surface area contributed by atoms with E-state index in [0.29, 0.717) is 5.56 Å². The quantitative estimate of drug-likeness (QED) is 0.750. The molecule has 1 aliphatic rings. The van der Waals surface area contributed by atoms with E-state index in [0.717, 1.165) is 49.4 Å². The Bertz CT molecular complexity index is 446. The van der Waals surface area contributed by atoms with Crippen molar-refractivity contribution in [3.63, 3.8) is 0 Å². The summed E-state index contributed by atoms with van der Waals surface area (Å²) in [6, 6.07) is 5.50. The van der Waals surface area contributed by atoms with Gasteiger partial charge in [-0.1, -0.05) is 0 Å². The molecule has 104 valence electrons. The number of carbonyl (C=O) groups is 1. The smallest absolute Gasteiger partial charge is 0.249 e. The van der Waals surface area contributed by atoms with E-state index >= 15 is 0 Å². The molecule has 0 spiro atoms. The molecular formula is C13H19BrN4O. The average Bonchev–Trinajstić information content (AvgIpc) is 2.39. The Hall–Kier alpha value is -1.11. The maximum atomic E-state index is 11.1. The summed E-state index contributed by atoms with van der Waals surface area (Å²) in [4.78, 5) is 13.5. The number of rotatable bonds is 5. The molecule has 0 atom stereocenters. The summed E-state index contributed by atoms with van der Waals surface area (Å²) >= 11 is 3.36. The van der Waals surface area contributed by atoms with E-state index in [4.69, 9.17) is 5.73 Å². The summed E-state index contributed by atoms with van der Waals surface area (Å²) in [6.45, 7) is 6.26. The van der Waals surface area contributed by atoms with Crippen LogP contribution >= 0.6 is 15.9 Å². The number of nitrogens with zero attached hydrogens (tertiary/aromatic N) is 1. The third-order valence-electron chi connectivity index (χ3n) is 3.20. The van der Waals surface area contributed by atoms with Crippen molar-refractivity contribution < 1.29 is 4.79 Å². The number of nitrogens with one attached hydrogen (secondary N) is 2. The molecule has 5 nitrogen and oxygen atoms in total. The van der Waals surface area contributed by atoms with Crippen LogP contribution in [0.25, 0.3) is 0 Å². The lowest BCUT2D eigenvalue weighted by Crippen LogP contribution is -2.45. The molecule has 1 heterocycles. The standard InChI is InChI=1S/C13H19BrN4O/c14-12-9-10(1-2-11(12)13(15)19)17-5-8-18-6-3-16-4-7-18/h1-2,9,16-17H,3-8H2,(H2,15,19). The molecule has 1 aromatic carbocycles. The first-order chi connectivity index (χ1) is 9.16. The SMILES string of the molecule is NC(=O)c1ccc(NCCN2CCNCC2)cc1Br. The zero-order valence-corrected chi connectivity index (χ0v) is 12.4. The normalized spacial score (nSPS) is 16.3. The second-order valence-corrected chi connectivity index (χ2v) is 5.43. The molecule has 2 rings (SSSR count). The molecule has 1 amide bonds. The maximum absolute atomic E-state index is 11.1. The Kier molecular flexibility index (Phi) is 5.18. The molecule has 0 saturated carbocycles. The number of primary amides is 1. The number of hydrogen-bond acceptors (Lipinski definition) is 4. The first-order valence-electron chi connectivity index (χ1n) is 6.43.